The third-order valence-corrected chi connectivity index (χ3v) is 4.30. The second-order valence-electron chi connectivity index (χ2n) is 4.85. The molecule has 0 aliphatic rings. The molecule has 0 aliphatic heterocycles. The first-order valence-corrected chi connectivity index (χ1v) is 8.06. The average molecular weight is 322 g/mol. The molecule has 0 saturated carbocycles. The molecular weight excluding hydrogens is 308 g/mol. The van der Waals surface area contributed by atoms with Crippen molar-refractivity contribution in [3.63, 3.8) is 0 Å². The first kappa shape index (κ1) is 15.2. The monoisotopic (exact) mass is 322 g/mol. The molecule has 4 nitrogen and oxygen atoms in total. The Kier molecular flexibility index (Phi) is 4.68. The number of carbonyl (C=O) groups is 1. The highest BCUT2D eigenvalue weighted by Gasteiger charge is 2.07. The molecule has 23 heavy (non-hydrogen) atoms. The summed E-state index contributed by atoms with van der Waals surface area (Å²) in [5.74, 6) is -0.790. The van der Waals surface area contributed by atoms with E-state index in [4.69, 9.17) is 5.11 Å². The van der Waals surface area contributed by atoms with Gasteiger partial charge in [-0.1, -0.05) is 42.5 Å². The summed E-state index contributed by atoms with van der Waals surface area (Å²) in [5.41, 5.74) is 1.56. The molecule has 0 radical (unpaired) electrons. The average Bonchev–Trinajstić information content (AvgIpc) is 2.59. The highest BCUT2D eigenvalue weighted by molar-refractivity contribution is 8.00. The lowest BCUT2D eigenvalue weighted by atomic mass is 10.1. The summed E-state index contributed by atoms with van der Waals surface area (Å²) in [6.45, 7) is 0. The maximum absolute atomic E-state index is 10.8. The molecule has 0 bridgehead atoms. The molecule has 0 saturated heterocycles. The van der Waals surface area contributed by atoms with Crippen LogP contribution in [0.1, 0.15) is 0 Å². The van der Waals surface area contributed by atoms with Crippen molar-refractivity contribution in [1.29, 1.82) is 0 Å². The number of fused-ring (bicyclic) bond motifs is 1. The van der Waals surface area contributed by atoms with Crippen molar-refractivity contribution in [2.75, 3.05) is 5.75 Å². The van der Waals surface area contributed by atoms with Gasteiger partial charge in [0.05, 0.1) is 17.1 Å². The zero-order chi connectivity index (χ0) is 16.1. The fourth-order valence-electron chi connectivity index (χ4n) is 2.21. The zero-order valence-electron chi connectivity index (χ0n) is 12.2. The third-order valence-electron chi connectivity index (χ3n) is 3.24. The third kappa shape index (κ3) is 3.76. The van der Waals surface area contributed by atoms with Gasteiger partial charge in [-0.25, -0.2) is 0 Å². The summed E-state index contributed by atoms with van der Waals surface area (Å²) in [6.07, 6.45) is 0. The Hall–Kier alpha value is -2.66. The Morgan fingerprint density at radius 1 is 0.870 bits per heavy atom. The predicted molar refractivity (Wildman–Crippen MR) is 92.9 cm³/mol. The molecule has 0 fully saturated rings. The fraction of sp³-hybridized carbons (Fsp3) is 0.0556. The van der Waals surface area contributed by atoms with E-state index < -0.39 is 5.97 Å². The highest BCUT2D eigenvalue weighted by Crippen LogP contribution is 2.34. The van der Waals surface area contributed by atoms with E-state index in [1.165, 1.54) is 11.8 Å². The Balaban J connectivity index is 1.97. The maximum Gasteiger partial charge on any atom is 0.313 e. The molecule has 0 atom stereocenters. The summed E-state index contributed by atoms with van der Waals surface area (Å²) in [4.78, 5) is 11.7. The molecule has 0 unspecified atom stereocenters. The van der Waals surface area contributed by atoms with Crippen LogP contribution in [0.2, 0.25) is 0 Å². The number of hydrogen-bond acceptors (Lipinski definition) is 4. The molecule has 0 aliphatic carbocycles. The van der Waals surface area contributed by atoms with Crippen LogP contribution >= 0.6 is 11.8 Å². The number of aliphatic carboxylic acids is 1. The standard InChI is InChI=1S/C18H14N2O2S/c21-18(22)12-23-17-11-10-16(14-8-4-5-9-15(14)17)20-19-13-6-2-1-3-7-13/h1-11H,12H2,(H,21,22). The van der Waals surface area contributed by atoms with Crippen LogP contribution in [0.25, 0.3) is 10.8 Å². The van der Waals surface area contributed by atoms with Crippen molar-refractivity contribution in [1.82, 2.24) is 0 Å². The molecule has 3 aromatic rings. The van der Waals surface area contributed by atoms with Gasteiger partial charge in [-0.2, -0.15) is 5.11 Å². The topological polar surface area (TPSA) is 62.0 Å². The SMILES string of the molecule is O=C(O)CSc1ccc(N=Nc2ccccc2)c2ccccc12. The Bertz CT molecular complexity index is 863. The summed E-state index contributed by atoms with van der Waals surface area (Å²) in [6, 6.07) is 21.1. The Labute approximate surface area is 137 Å². The number of nitrogens with zero attached hydrogens (tertiary/aromatic N) is 2. The number of carboxylic acids is 1. The van der Waals surface area contributed by atoms with Crippen LogP contribution in [0.4, 0.5) is 11.4 Å². The zero-order valence-corrected chi connectivity index (χ0v) is 13.0. The quantitative estimate of drug-likeness (QED) is 0.503. The minimum absolute atomic E-state index is 0.0366. The van der Waals surface area contributed by atoms with E-state index >= 15 is 0 Å². The second kappa shape index (κ2) is 7.07. The van der Waals surface area contributed by atoms with Crippen molar-refractivity contribution >= 4 is 39.9 Å². The van der Waals surface area contributed by atoms with Gasteiger partial charge in [-0.3, -0.25) is 4.79 Å². The molecular formula is C18H14N2O2S. The first-order valence-electron chi connectivity index (χ1n) is 7.07. The normalized spacial score (nSPS) is 11.1. The van der Waals surface area contributed by atoms with Gasteiger partial charge in [0.1, 0.15) is 0 Å². The van der Waals surface area contributed by atoms with Crippen LogP contribution in [0.3, 0.4) is 0 Å². The number of carboxylic acid groups (broad SMARTS) is 1. The van der Waals surface area contributed by atoms with Gasteiger partial charge in [0.2, 0.25) is 0 Å². The van der Waals surface area contributed by atoms with Crippen molar-refractivity contribution in [2.45, 2.75) is 4.90 Å². The van der Waals surface area contributed by atoms with Gasteiger partial charge in [0.25, 0.3) is 0 Å². The molecule has 0 heterocycles. The van der Waals surface area contributed by atoms with Gasteiger partial charge in [0, 0.05) is 10.3 Å². The van der Waals surface area contributed by atoms with E-state index in [1.807, 2.05) is 66.7 Å². The molecule has 0 aromatic heterocycles. The summed E-state index contributed by atoms with van der Waals surface area (Å²) in [5, 5.41) is 19.4. The lowest BCUT2D eigenvalue weighted by Gasteiger charge is -2.07. The Morgan fingerprint density at radius 3 is 2.30 bits per heavy atom. The molecule has 5 heteroatoms. The van der Waals surface area contributed by atoms with E-state index in [0.717, 1.165) is 27.0 Å². The molecule has 114 valence electrons. The summed E-state index contributed by atoms with van der Waals surface area (Å²) < 4.78 is 0. The molecule has 0 spiro atoms. The van der Waals surface area contributed by atoms with Crippen molar-refractivity contribution < 1.29 is 9.90 Å². The van der Waals surface area contributed by atoms with Crippen molar-refractivity contribution in [3.05, 3.63) is 66.7 Å². The van der Waals surface area contributed by atoms with E-state index in [1.54, 1.807) is 0 Å². The van der Waals surface area contributed by atoms with Crippen LogP contribution in [0, 0.1) is 0 Å². The van der Waals surface area contributed by atoms with Crippen LogP contribution in [-0.2, 0) is 4.79 Å². The van der Waals surface area contributed by atoms with Gasteiger partial charge in [-0.15, -0.1) is 16.9 Å². The van der Waals surface area contributed by atoms with Gasteiger partial charge < -0.3 is 5.11 Å². The van der Waals surface area contributed by atoms with Gasteiger partial charge in [-0.05, 0) is 29.7 Å². The van der Waals surface area contributed by atoms with Crippen LogP contribution in [-0.4, -0.2) is 16.8 Å². The summed E-state index contributed by atoms with van der Waals surface area (Å²) in [7, 11) is 0. The van der Waals surface area contributed by atoms with Crippen LogP contribution < -0.4 is 0 Å². The highest BCUT2D eigenvalue weighted by atomic mass is 32.2. The number of rotatable bonds is 5. The molecule has 1 N–H and O–H groups in total. The molecule has 3 rings (SSSR count). The lowest BCUT2D eigenvalue weighted by Crippen LogP contribution is -1.97. The van der Waals surface area contributed by atoms with E-state index in [2.05, 4.69) is 10.2 Å². The second-order valence-corrected chi connectivity index (χ2v) is 5.86. The first-order chi connectivity index (χ1) is 11.2. The molecule has 0 amide bonds. The van der Waals surface area contributed by atoms with E-state index in [9.17, 15) is 4.79 Å². The van der Waals surface area contributed by atoms with Gasteiger partial charge >= 0.3 is 5.97 Å². The van der Waals surface area contributed by atoms with Crippen LogP contribution in [0.15, 0.2) is 81.9 Å². The number of hydrogen-bond donors (Lipinski definition) is 1. The number of thioether (sulfide) groups is 1. The smallest absolute Gasteiger partial charge is 0.313 e. The minimum Gasteiger partial charge on any atom is -0.481 e. The van der Waals surface area contributed by atoms with Crippen LogP contribution in [0.5, 0.6) is 0 Å². The fourth-order valence-corrected chi connectivity index (χ4v) is 2.99. The largest absolute Gasteiger partial charge is 0.481 e. The Morgan fingerprint density at radius 2 is 1.57 bits per heavy atom. The van der Waals surface area contributed by atoms with Crippen molar-refractivity contribution in [2.24, 2.45) is 10.2 Å². The van der Waals surface area contributed by atoms with Crippen molar-refractivity contribution in [3.8, 4) is 0 Å². The van der Waals surface area contributed by atoms with E-state index in [-0.39, 0.29) is 5.75 Å². The predicted octanol–water partition coefficient (Wildman–Crippen LogP) is 5.43. The maximum atomic E-state index is 10.8. The lowest BCUT2D eigenvalue weighted by molar-refractivity contribution is -0.133. The number of azo groups is 1. The summed E-state index contributed by atoms with van der Waals surface area (Å²) >= 11 is 1.31. The van der Waals surface area contributed by atoms with Gasteiger partial charge in [0.15, 0.2) is 0 Å². The van der Waals surface area contributed by atoms with E-state index in [0.29, 0.717) is 0 Å². The minimum atomic E-state index is -0.827. The number of benzene rings is 3. The molecule has 3 aromatic carbocycles.